The summed E-state index contributed by atoms with van der Waals surface area (Å²) < 4.78 is 1.99. The first-order valence-corrected chi connectivity index (χ1v) is 40.6. The highest BCUT2D eigenvalue weighted by atomic mass is 15.3. The number of nitrogens with zero attached hydrogens (tertiary/aromatic N) is 10. The minimum atomic E-state index is -0.391. The van der Waals surface area contributed by atoms with Crippen LogP contribution in [0.25, 0.3) is 17.2 Å². The third-order valence-corrected chi connectivity index (χ3v) is 23.9. The van der Waals surface area contributed by atoms with Gasteiger partial charge < -0.3 is 24.5 Å². The SMILES string of the molecule is Cc1ccc(N(c2ccc(C)cc2)c2ccc3c(c2)C(C)(C)c2cc(N(c4ccc(C)cc4)c4ccc(C)cc4)ccc2C3c2ccc(-n3nc(C)c(C)c3C)nc2C)cc1.Cc1nc(-c2ccccc2)nc(C)c1N1c2ccc(N(c3ccccc3)c3ccccc3)cc2C(C)(C)c2cc(N(c3ccccc3)c3ccccc3)ccc21. The van der Waals surface area contributed by atoms with Crippen molar-refractivity contribution in [1.29, 1.82) is 0 Å². The van der Waals surface area contributed by atoms with Crippen LogP contribution < -0.4 is 24.5 Å². The predicted molar refractivity (Wildman–Crippen MR) is 488 cm³/mol. The van der Waals surface area contributed by atoms with Gasteiger partial charge in [-0.25, -0.2) is 19.6 Å². The number of pyridine rings is 1. The first-order chi connectivity index (χ1) is 56.7. The number of benzene rings is 13. The molecule has 0 saturated carbocycles. The lowest BCUT2D eigenvalue weighted by molar-refractivity contribution is 0.596. The number of aryl methyl sites for hydroxylation is 8. The summed E-state index contributed by atoms with van der Waals surface area (Å²) in [5.74, 6) is 1.54. The molecule has 117 heavy (non-hydrogen) atoms. The molecule has 13 aromatic carbocycles. The second kappa shape index (κ2) is 31.2. The largest absolute Gasteiger partial charge is 0.310 e. The molecule has 0 spiro atoms. The Bertz CT molecular complexity index is 5820. The number of para-hydroxylation sites is 4. The number of aromatic nitrogens is 5. The molecular formula is C107H98N10. The van der Waals surface area contributed by atoms with Crippen molar-refractivity contribution < 1.29 is 0 Å². The van der Waals surface area contributed by atoms with Crippen molar-refractivity contribution in [2.75, 3.05) is 24.5 Å². The molecule has 0 fully saturated rings. The molecule has 3 aromatic heterocycles. The number of rotatable bonds is 16. The second-order valence-electron chi connectivity index (χ2n) is 32.5. The van der Waals surface area contributed by atoms with Crippen molar-refractivity contribution in [2.24, 2.45) is 0 Å². The van der Waals surface area contributed by atoms with Gasteiger partial charge in [-0.15, -0.1) is 0 Å². The lowest BCUT2D eigenvalue weighted by atomic mass is 9.63. The molecule has 1 aliphatic carbocycles. The molecule has 2 aliphatic rings. The van der Waals surface area contributed by atoms with Crippen molar-refractivity contribution >= 4 is 85.3 Å². The molecular weight excluding hydrogens is 1430 g/mol. The Kier molecular flexibility index (Phi) is 20.3. The molecule has 0 amide bonds. The van der Waals surface area contributed by atoms with Gasteiger partial charge in [-0.1, -0.05) is 220 Å². The van der Waals surface area contributed by atoms with Crippen LogP contribution in [0.2, 0.25) is 0 Å². The summed E-state index contributed by atoms with van der Waals surface area (Å²) in [5, 5.41) is 4.87. The quantitative estimate of drug-likeness (QED) is 0.0941. The molecule has 1 aliphatic heterocycles. The lowest BCUT2D eigenvalue weighted by Crippen LogP contribution is -2.32. The highest BCUT2D eigenvalue weighted by molar-refractivity contribution is 5.92. The van der Waals surface area contributed by atoms with Gasteiger partial charge in [0.1, 0.15) is 0 Å². The maximum absolute atomic E-state index is 5.28. The van der Waals surface area contributed by atoms with E-state index in [1.165, 1.54) is 66.8 Å². The highest BCUT2D eigenvalue weighted by Gasteiger charge is 2.42. The summed E-state index contributed by atoms with van der Waals surface area (Å²) in [6, 6.07) is 121. The first-order valence-electron chi connectivity index (χ1n) is 40.6. The Morgan fingerprint density at radius 1 is 0.274 bits per heavy atom. The molecule has 576 valence electrons. The van der Waals surface area contributed by atoms with Crippen molar-refractivity contribution in [3.05, 3.63) is 429 Å². The van der Waals surface area contributed by atoms with Gasteiger partial charge in [0.25, 0.3) is 0 Å². The van der Waals surface area contributed by atoms with Gasteiger partial charge in [-0.05, 0) is 278 Å². The summed E-state index contributed by atoms with van der Waals surface area (Å²) in [6.07, 6.45) is 0. The summed E-state index contributed by atoms with van der Waals surface area (Å²) >= 11 is 0. The minimum Gasteiger partial charge on any atom is -0.310 e. The Hall–Kier alpha value is -13.7. The summed E-state index contributed by atoms with van der Waals surface area (Å²) in [7, 11) is 0. The van der Waals surface area contributed by atoms with E-state index in [0.717, 1.165) is 131 Å². The Balaban J connectivity index is 0.000000169. The van der Waals surface area contributed by atoms with E-state index in [9.17, 15) is 0 Å². The fourth-order valence-corrected chi connectivity index (χ4v) is 17.4. The minimum absolute atomic E-state index is 0.0377. The Labute approximate surface area is 690 Å². The highest BCUT2D eigenvalue weighted by Crippen LogP contribution is 2.57. The zero-order valence-corrected chi connectivity index (χ0v) is 69.3. The molecule has 4 heterocycles. The maximum Gasteiger partial charge on any atom is 0.159 e. The molecule has 0 saturated heterocycles. The third-order valence-electron chi connectivity index (χ3n) is 23.9. The van der Waals surface area contributed by atoms with Crippen LogP contribution in [0, 0.1) is 69.2 Å². The molecule has 0 unspecified atom stereocenters. The number of fused-ring (bicyclic) bond motifs is 4. The molecule has 16 aromatic rings. The smallest absolute Gasteiger partial charge is 0.159 e. The van der Waals surface area contributed by atoms with E-state index < -0.39 is 5.41 Å². The van der Waals surface area contributed by atoms with Crippen LogP contribution in [0.5, 0.6) is 0 Å². The molecule has 0 atom stereocenters. The van der Waals surface area contributed by atoms with Crippen LogP contribution in [-0.2, 0) is 10.8 Å². The number of hydrogen-bond donors (Lipinski definition) is 0. The van der Waals surface area contributed by atoms with Crippen LogP contribution in [0.4, 0.5) is 85.3 Å². The van der Waals surface area contributed by atoms with Crippen LogP contribution >= 0.6 is 0 Å². The lowest BCUT2D eigenvalue weighted by Gasteiger charge is -2.44. The average Bonchev–Trinajstić information content (AvgIpc) is 0.853. The summed E-state index contributed by atoms with van der Waals surface area (Å²) in [6.45, 7) is 30.8. The molecule has 0 radical (unpaired) electrons. The van der Waals surface area contributed by atoms with Crippen molar-refractivity contribution in [1.82, 2.24) is 24.7 Å². The standard InChI is InChI=1S/C56H55N5.C51H43N5/c1-35-11-19-43(20-12-35)59(44-21-13-36(2)14-22-44)47-27-29-50-52(33-47)56(9,10)53-34-48(60(45-23-15-37(3)16-24-45)46-25-17-38(4)18-26-46)28-30-51(53)55(50)49-31-32-54(57-41(49)7)61-42(8)39(5)40(6)58-61;1-36-49(37(2)53-50(52-36)38-20-10-5-11-21-38)56-47-32-30-43(54(39-22-12-6-13-23-39)40-24-14-7-15-25-40)34-45(47)51(3,4)46-35-44(31-33-48(46)56)55(41-26-16-8-17-27-41)42-28-18-9-19-29-42/h11-34,55H,1-10H3;5-35H,1-4H3. The zero-order chi connectivity index (χ0) is 81.0. The van der Waals surface area contributed by atoms with E-state index in [1.807, 2.05) is 22.9 Å². The normalized spacial score (nSPS) is 13.0. The second-order valence-corrected chi connectivity index (χ2v) is 32.5. The van der Waals surface area contributed by atoms with Gasteiger partial charge in [0.15, 0.2) is 11.6 Å². The number of hydrogen-bond acceptors (Lipinski definition) is 9. The van der Waals surface area contributed by atoms with Crippen molar-refractivity contribution in [2.45, 2.75) is 114 Å². The average molecular weight is 1520 g/mol. The van der Waals surface area contributed by atoms with E-state index in [-0.39, 0.29) is 11.3 Å². The van der Waals surface area contributed by atoms with Crippen LogP contribution in [0.1, 0.15) is 129 Å². The third kappa shape index (κ3) is 14.4. The van der Waals surface area contributed by atoms with Crippen LogP contribution in [0.3, 0.4) is 0 Å². The maximum atomic E-state index is 5.28. The van der Waals surface area contributed by atoms with E-state index in [2.05, 4.69) is 437 Å². The summed E-state index contributed by atoms with van der Waals surface area (Å²) in [5.41, 5.74) is 36.8. The predicted octanol–water partition coefficient (Wildman–Crippen LogP) is 28.3. The monoisotopic (exact) mass is 1520 g/mol. The Morgan fingerprint density at radius 2 is 0.573 bits per heavy atom. The fraction of sp³-hybridized carbons (Fsp3) is 0.159. The van der Waals surface area contributed by atoms with E-state index in [0.29, 0.717) is 0 Å². The van der Waals surface area contributed by atoms with Gasteiger partial charge in [-0.2, -0.15) is 5.10 Å². The van der Waals surface area contributed by atoms with Crippen LogP contribution in [0.15, 0.2) is 334 Å². The van der Waals surface area contributed by atoms with E-state index in [4.69, 9.17) is 20.1 Å². The summed E-state index contributed by atoms with van der Waals surface area (Å²) in [4.78, 5) is 27.4. The molecule has 10 nitrogen and oxygen atoms in total. The van der Waals surface area contributed by atoms with Crippen molar-refractivity contribution in [3.63, 3.8) is 0 Å². The van der Waals surface area contributed by atoms with Gasteiger partial charge in [-0.3, -0.25) is 0 Å². The van der Waals surface area contributed by atoms with Gasteiger partial charge in [0.2, 0.25) is 0 Å². The molecule has 18 rings (SSSR count). The zero-order valence-electron chi connectivity index (χ0n) is 69.3. The molecule has 0 bridgehead atoms. The van der Waals surface area contributed by atoms with E-state index >= 15 is 0 Å². The van der Waals surface area contributed by atoms with Gasteiger partial charge in [0.05, 0.1) is 34.1 Å². The van der Waals surface area contributed by atoms with Gasteiger partial charge in [0, 0.05) is 102 Å². The topological polar surface area (TPSA) is 72.7 Å². The molecule has 0 N–H and O–H groups in total. The Morgan fingerprint density at radius 3 is 0.906 bits per heavy atom. The molecule has 10 heteroatoms. The first kappa shape index (κ1) is 76.0. The van der Waals surface area contributed by atoms with Crippen molar-refractivity contribution in [3.8, 4) is 17.2 Å². The van der Waals surface area contributed by atoms with Crippen LogP contribution in [-0.4, -0.2) is 24.7 Å². The number of anilines is 15. The van der Waals surface area contributed by atoms with E-state index in [1.54, 1.807) is 0 Å². The van der Waals surface area contributed by atoms with Gasteiger partial charge >= 0.3 is 0 Å². The fourth-order valence-electron chi connectivity index (χ4n) is 17.4.